The molecular weight excluding hydrogens is 348 g/mol. The van der Waals surface area contributed by atoms with Crippen LogP contribution in [0.15, 0.2) is 0 Å². The molecule has 27 heavy (non-hydrogen) atoms. The van der Waals surface area contributed by atoms with Gasteiger partial charge in [-0.05, 0) is 30.3 Å². The molecule has 0 aromatic carbocycles. The smallest absolute Gasteiger partial charge is 0.320 e. The van der Waals surface area contributed by atoms with Gasteiger partial charge in [-0.2, -0.15) is 0 Å². The van der Waals surface area contributed by atoms with Crippen molar-refractivity contribution in [3.63, 3.8) is 0 Å². The number of amides is 3. The minimum absolute atomic E-state index is 0.00776. The molecule has 3 amide bonds. The maximum atomic E-state index is 12.9. The van der Waals surface area contributed by atoms with Crippen molar-refractivity contribution in [2.24, 2.45) is 5.92 Å². The summed E-state index contributed by atoms with van der Waals surface area (Å²) in [5.41, 5.74) is 0. The lowest BCUT2D eigenvalue weighted by molar-refractivity contribution is -0.137. The van der Waals surface area contributed by atoms with Gasteiger partial charge in [0.2, 0.25) is 5.91 Å². The Balaban J connectivity index is 1.27. The Morgan fingerprint density at radius 1 is 0.852 bits per heavy atom. The van der Waals surface area contributed by atoms with Crippen LogP contribution in [0.25, 0.3) is 0 Å². The van der Waals surface area contributed by atoms with Crippen molar-refractivity contribution < 1.29 is 9.59 Å². The third kappa shape index (κ3) is 3.90. The second-order valence-electron chi connectivity index (χ2n) is 7.73. The van der Waals surface area contributed by atoms with Crippen LogP contribution in [0.4, 0.5) is 4.79 Å². The Morgan fingerprint density at radius 3 is 2.19 bits per heavy atom. The van der Waals surface area contributed by atoms with Crippen molar-refractivity contribution in [1.29, 1.82) is 0 Å². The van der Waals surface area contributed by atoms with E-state index in [1.165, 1.54) is 0 Å². The molecule has 1 atom stereocenters. The first-order chi connectivity index (χ1) is 13.1. The van der Waals surface area contributed by atoms with Gasteiger partial charge in [0.15, 0.2) is 5.82 Å². The highest BCUT2D eigenvalue weighted by Crippen LogP contribution is 2.21. The molecule has 4 heterocycles. The summed E-state index contributed by atoms with van der Waals surface area (Å²) < 4.78 is 1.81. The van der Waals surface area contributed by atoms with Gasteiger partial charge in [-0.3, -0.25) is 4.79 Å². The average molecular weight is 376 g/mol. The highest BCUT2D eigenvalue weighted by molar-refractivity contribution is 5.80. The molecule has 0 saturated carbocycles. The van der Waals surface area contributed by atoms with E-state index in [0.717, 1.165) is 51.3 Å². The first-order valence-corrected chi connectivity index (χ1v) is 9.88. The molecule has 2 saturated heterocycles. The first-order valence-electron chi connectivity index (χ1n) is 9.88. The lowest BCUT2D eigenvalue weighted by atomic mass is 9.98. The normalized spacial score (nSPS) is 24.5. The number of hydrogen-bond acceptors (Lipinski definition) is 6. The van der Waals surface area contributed by atoms with E-state index >= 15 is 0 Å². The number of aromatic nitrogens is 4. The summed E-state index contributed by atoms with van der Waals surface area (Å²) >= 11 is 0. The summed E-state index contributed by atoms with van der Waals surface area (Å²) in [6.45, 7) is 6.61. The van der Waals surface area contributed by atoms with Crippen LogP contribution in [0.5, 0.6) is 0 Å². The van der Waals surface area contributed by atoms with E-state index in [4.69, 9.17) is 0 Å². The number of fused-ring (bicyclic) bond motifs is 1. The number of carbonyl (C=O) groups is 2. The van der Waals surface area contributed by atoms with E-state index in [-0.39, 0.29) is 17.9 Å². The number of likely N-dealkylation sites (N-methyl/N-ethyl adjacent to an activating group) is 1. The van der Waals surface area contributed by atoms with Gasteiger partial charge in [-0.1, -0.05) is 0 Å². The van der Waals surface area contributed by atoms with E-state index in [1.54, 1.807) is 4.68 Å². The van der Waals surface area contributed by atoms with Crippen LogP contribution >= 0.6 is 0 Å². The molecule has 0 N–H and O–H groups in total. The van der Waals surface area contributed by atoms with Crippen molar-refractivity contribution in [2.45, 2.75) is 25.8 Å². The molecule has 10 heteroatoms. The topological polar surface area (TPSA) is 90.7 Å². The predicted molar refractivity (Wildman–Crippen MR) is 96.9 cm³/mol. The van der Waals surface area contributed by atoms with Gasteiger partial charge in [-0.15, -0.1) is 5.10 Å². The van der Waals surface area contributed by atoms with Crippen molar-refractivity contribution in [2.75, 3.05) is 59.4 Å². The molecule has 0 bridgehead atoms. The molecule has 3 aliphatic heterocycles. The monoisotopic (exact) mass is 376 g/mol. The zero-order valence-electron chi connectivity index (χ0n) is 16.0. The molecule has 2 fully saturated rings. The molecule has 148 valence electrons. The van der Waals surface area contributed by atoms with Crippen molar-refractivity contribution in [3.05, 3.63) is 5.82 Å². The summed E-state index contributed by atoms with van der Waals surface area (Å²) in [7, 11) is 2.08. The lowest BCUT2D eigenvalue weighted by Gasteiger charge is -2.40. The number of piperazine rings is 2. The Labute approximate surface area is 159 Å². The van der Waals surface area contributed by atoms with Crippen molar-refractivity contribution in [3.8, 4) is 0 Å². The summed E-state index contributed by atoms with van der Waals surface area (Å²) in [4.78, 5) is 33.6. The molecule has 1 aromatic rings. The Hall–Kier alpha value is -2.23. The van der Waals surface area contributed by atoms with Gasteiger partial charge >= 0.3 is 6.03 Å². The fraction of sp³-hybridized carbons (Fsp3) is 0.824. The van der Waals surface area contributed by atoms with Crippen LogP contribution in [-0.2, 0) is 17.8 Å². The summed E-state index contributed by atoms with van der Waals surface area (Å²) in [5, 5.41) is 11.7. The molecule has 0 spiro atoms. The largest absolute Gasteiger partial charge is 0.339 e. The fourth-order valence-electron chi connectivity index (χ4n) is 4.12. The quantitative estimate of drug-likeness (QED) is 0.633. The number of tetrazole rings is 1. The van der Waals surface area contributed by atoms with Gasteiger partial charge in [0.25, 0.3) is 0 Å². The second-order valence-corrected chi connectivity index (χ2v) is 7.73. The van der Waals surface area contributed by atoms with Gasteiger partial charge in [0.1, 0.15) is 0 Å². The molecular formula is C17H28N8O2. The highest BCUT2D eigenvalue weighted by atomic mass is 16.2. The molecule has 0 radical (unpaired) electrons. The number of aryl methyl sites for hydroxylation is 2. The summed E-state index contributed by atoms with van der Waals surface area (Å²) in [6, 6.07) is 0.119. The first kappa shape index (κ1) is 18.1. The zero-order valence-corrected chi connectivity index (χ0v) is 16.0. The maximum Gasteiger partial charge on any atom is 0.320 e. The molecule has 1 unspecified atom stereocenters. The summed E-state index contributed by atoms with van der Waals surface area (Å²) in [5.74, 6) is 1.08. The summed E-state index contributed by atoms with van der Waals surface area (Å²) in [6.07, 6.45) is 2.31. The molecule has 4 rings (SSSR count). The lowest BCUT2D eigenvalue weighted by Crippen LogP contribution is -2.57. The highest BCUT2D eigenvalue weighted by Gasteiger charge is 2.32. The predicted octanol–water partition coefficient (Wildman–Crippen LogP) is -0.863. The number of nitrogens with zero attached hydrogens (tertiary/aromatic N) is 8. The molecule has 0 aliphatic carbocycles. The van der Waals surface area contributed by atoms with Gasteiger partial charge < -0.3 is 19.6 Å². The van der Waals surface area contributed by atoms with Gasteiger partial charge in [-0.25, -0.2) is 9.48 Å². The van der Waals surface area contributed by atoms with E-state index in [9.17, 15) is 9.59 Å². The van der Waals surface area contributed by atoms with Crippen LogP contribution in [0, 0.1) is 5.92 Å². The Kier molecular flexibility index (Phi) is 5.24. The average Bonchev–Trinajstić information content (AvgIpc) is 3.06. The maximum absolute atomic E-state index is 12.9. The van der Waals surface area contributed by atoms with Crippen LogP contribution < -0.4 is 0 Å². The van der Waals surface area contributed by atoms with Crippen LogP contribution in [0.3, 0.4) is 0 Å². The Morgan fingerprint density at radius 2 is 1.48 bits per heavy atom. The minimum atomic E-state index is 0.00776. The van der Waals surface area contributed by atoms with Crippen LogP contribution in [0.1, 0.15) is 18.7 Å². The van der Waals surface area contributed by atoms with E-state index < -0.39 is 0 Å². The zero-order chi connectivity index (χ0) is 18.8. The number of carbonyl (C=O) groups excluding carboxylic acids is 2. The van der Waals surface area contributed by atoms with Gasteiger partial charge in [0.05, 0.1) is 0 Å². The van der Waals surface area contributed by atoms with Crippen molar-refractivity contribution >= 4 is 11.9 Å². The molecule has 3 aliphatic rings. The van der Waals surface area contributed by atoms with E-state index in [1.807, 2.05) is 14.7 Å². The molecule has 10 nitrogen and oxygen atoms in total. The standard InChI is InChI=1S/C17H28N8O2/c1-21-6-8-23(9-7-21)17(27)24-12-10-22(11-13-24)16(26)14-2-3-15-18-19-20-25(15)5-4-14/h14H,2-13H2,1H3. The third-order valence-corrected chi connectivity index (χ3v) is 6.00. The number of rotatable bonds is 1. The number of urea groups is 1. The Bertz CT molecular complexity index is 654. The number of hydrogen-bond donors (Lipinski definition) is 0. The van der Waals surface area contributed by atoms with Crippen LogP contribution in [0.2, 0.25) is 0 Å². The third-order valence-electron chi connectivity index (χ3n) is 6.00. The van der Waals surface area contributed by atoms with E-state index in [0.29, 0.717) is 32.7 Å². The van der Waals surface area contributed by atoms with E-state index in [2.05, 4.69) is 27.5 Å². The SMILES string of the molecule is CN1CCN(C(=O)N2CCN(C(=O)C3CCc4nnnn4CC3)CC2)CC1. The van der Waals surface area contributed by atoms with Gasteiger partial charge in [0, 0.05) is 71.2 Å². The second kappa shape index (κ2) is 7.79. The van der Waals surface area contributed by atoms with Crippen molar-refractivity contribution in [1.82, 2.24) is 39.8 Å². The fourth-order valence-corrected chi connectivity index (χ4v) is 4.12. The molecule has 1 aromatic heterocycles. The van der Waals surface area contributed by atoms with Crippen LogP contribution in [-0.4, -0.2) is 111 Å². The minimum Gasteiger partial charge on any atom is -0.339 e.